The molecule has 0 saturated carbocycles. The van der Waals surface area contributed by atoms with Gasteiger partial charge in [0.15, 0.2) is 0 Å². The lowest BCUT2D eigenvalue weighted by molar-refractivity contribution is 1.47. The van der Waals surface area contributed by atoms with Crippen LogP contribution in [0.3, 0.4) is 0 Å². The summed E-state index contributed by atoms with van der Waals surface area (Å²) in [5.74, 6) is 0. The van der Waals surface area contributed by atoms with E-state index >= 15 is 0 Å². The molecule has 0 bridgehead atoms. The molecule has 0 unspecified atom stereocenters. The first kappa shape index (κ1) is 9.30. The number of rotatable bonds is 0. The van der Waals surface area contributed by atoms with Gasteiger partial charge in [-0.3, -0.25) is 0 Å². The van der Waals surface area contributed by atoms with Gasteiger partial charge in [-0.05, 0) is 62.1 Å². The minimum atomic E-state index is 1.05. The summed E-state index contributed by atoms with van der Waals surface area (Å²) < 4.78 is 3.66. The summed E-state index contributed by atoms with van der Waals surface area (Å²) in [7, 11) is 0. The molecule has 0 radical (unpaired) electrons. The molecule has 2 rings (SSSR count). The van der Waals surface area contributed by atoms with Crippen LogP contribution in [0, 0.1) is 3.57 Å². The van der Waals surface area contributed by atoms with E-state index < -0.39 is 0 Å². The van der Waals surface area contributed by atoms with Crippen LogP contribution in [0.15, 0.2) is 26.9 Å². The maximum atomic E-state index is 4.37. The number of hydrogen-bond acceptors (Lipinski definition) is 2. The minimum absolute atomic E-state index is 1.05. The first-order chi connectivity index (χ1) is 5.66. The van der Waals surface area contributed by atoms with Gasteiger partial charge in [0.2, 0.25) is 0 Å². The lowest BCUT2D eigenvalue weighted by Crippen LogP contribution is -1.72. The number of halogens is 2. The van der Waals surface area contributed by atoms with E-state index in [1.807, 2.05) is 0 Å². The zero-order valence-electron chi connectivity index (χ0n) is 5.84. The summed E-state index contributed by atoms with van der Waals surface area (Å²) >= 11 is 11.9. The lowest BCUT2D eigenvalue weighted by atomic mass is 10.3. The summed E-state index contributed by atoms with van der Waals surface area (Å²) in [6.45, 7) is 0. The van der Waals surface area contributed by atoms with E-state index in [1.54, 1.807) is 11.3 Å². The Labute approximate surface area is 102 Å². The fraction of sp³-hybridized carbons (Fsp3) is 0. The lowest BCUT2D eigenvalue weighted by Gasteiger charge is -1.95. The van der Waals surface area contributed by atoms with Crippen molar-refractivity contribution in [1.82, 2.24) is 0 Å². The Hall–Kier alpha value is 0.740. The molecule has 12 heavy (non-hydrogen) atoms. The Balaban J connectivity index is 2.83. The van der Waals surface area contributed by atoms with Gasteiger partial charge in [0, 0.05) is 13.2 Å². The average molecular weight is 371 g/mol. The summed E-state index contributed by atoms with van der Waals surface area (Å²) in [5.41, 5.74) is 0. The van der Waals surface area contributed by atoms with Crippen molar-refractivity contribution < 1.29 is 0 Å². The number of thiol groups is 1. The van der Waals surface area contributed by atoms with Crippen LogP contribution in [0.5, 0.6) is 0 Å². The van der Waals surface area contributed by atoms with Crippen LogP contribution in [-0.2, 0) is 0 Å². The Bertz CT molecular complexity index is 397. The molecule has 62 valence electrons. The molecule has 1 aromatic heterocycles. The summed E-state index contributed by atoms with van der Waals surface area (Å²) in [6.07, 6.45) is 0. The molecule has 0 amide bonds. The number of hydrogen-bond donors (Lipinski definition) is 1. The molecule has 2 aromatic rings. The van der Waals surface area contributed by atoms with E-state index in [9.17, 15) is 0 Å². The van der Waals surface area contributed by atoms with Crippen LogP contribution in [-0.4, -0.2) is 0 Å². The van der Waals surface area contributed by atoms with Crippen molar-refractivity contribution >= 4 is 72.6 Å². The predicted octanol–water partition coefficient (Wildman–Crippen LogP) is 4.56. The van der Waals surface area contributed by atoms with Gasteiger partial charge in [-0.15, -0.1) is 24.0 Å². The van der Waals surface area contributed by atoms with Crippen molar-refractivity contribution in [3.05, 3.63) is 25.6 Å². The fourth-order valence-electron chi connectivity index (χ4n) is 1.02. The molecule has 0 spiro atoms. The highest BCUT2D eigenvalue weighted by molar-refractivity contribution is 14.1. The highest BCUT2D eigenvalue weighted by Crippen LogP contribution is 2.33. The third kappa shape index (κ3) is 1.66. The Morgan fingerprint density at radius 1 is 1.33 bits per heavy atom. The van der Waals surface area contributed by atoms with E-state index in [-0.39, 0.29) is 0 Å². The monoisotopic (exact) mass is 370 g/mol. The zero-order chi connectivity index (χ0) is 8.72. The van der Waals surface area contributed by atoms with E-state index in [4.69, 9.17) is 0 Å². The van der Waals surface area contributed by atoms with E-state index in [0.717, 1.165) is 4.90 Å². The van der Waals surface area contributed by atoms with Crippen LogP contribution in [0.1, 0.15) is 0 Å². The van der Waals surface area contributed by atoms with Crippen LogP contribution in [0.2, 0.25) is 0 Å². The van der Waals surface area contributed by atoms with Gasteiger partial charge >= 0.3 is 0 Å². The minimum Gasteiger partial charge on any atom is -0.142 e. The van der Waals surface area contributed by atoms with E-state index in [2.05, 4.69) is 69.3 Å². The molecule has 4 heteroatoms. The van der Waals surface area contributed by atoms with Crippen molar-refractivity contribution in [3.63, 3.8) is 0 Å². The maximum absolute atomic E-state index is 4.37. The highest BCUT2D eigenvalue weighted by atomic mass is 127. The van der Waals surface area contributed by atoms with Gasteiger partial charge in [0.1, 0.15) is 0 Å². The summed E-state index contributed by atoms with van der Waals surface area (Å²) in [6, 6.07) is 6.39. The molecular formula is C8H4BrIS2. The van der Waals surface area contributed by atoms with E-state index in [1.165, 1.54) is 17.4 Å². The molecule has 0 aliphatic rings. The molecule has 1 aromatic carbocycles. The van der Waals surface area contributed by atoms with Crippen LogP contribution >= 0.6 is 62.5 Å². The third-order valence-electron chi connectivity index (χ3n) is 1.56. The van der Waals surface area contributed by atoms with Crippen LogP contribution in [0.4, 0.5) is 0 Å². The number of fused-ring (bicyclic) bond motifs is 1. The van der Waals surface area contributed by atoms with Crippen LogP contribution in [0.25, 0.3) is 10.1 Å². The quantitative estimate of drug-likeness (QED) is 0.510. The Kier molecular flexibility index (Phi) is 2.69. The largest absolute Gasteiger partial charge is 0.142 e. The van der Waals surface area contributed by atoms with Gasteiger partial charge in [-0.1, -0.05) is 0 Å². The normalized spacial score (nSPS) is 10.9. The Morgan fingerprint density at radius 2 is 2.08 bits per heavy atom. The fourth-order valence-corrected chi connectivity index (χ4v) is 3.37. The molecule has 0 saturated heterocycles. The van der Waals surface area contributed by atoms with Crippen molar-refractivity contribution in [2.75, 3.05) is 0 Å². The second kappa shape index (κ2) is 3.48. The van der Waals surface area contributed by atoms with Gasteiger partial charge in [0.05, 0.1) is 3.79 Å². The topological polar surface area (TPSA) is 0 Å². The second-order valence-electron chi connectivity index (χ2n) is 2.39. The van der Waals surface area contributed by atoms with Gasteiger partial charge < -0.3 is 0 Å². The molecule has 0 aliphatic heterocycles. The SMILES string of the molecule is Sc1cc2sc(Br)cc2cc1I. The molecule has 0 aliphatic carbocycles. The van der Waals surface area contributed by atoms with Crippen molar-refractivity contribution in [2.45, 2.75) is 4.90 Å². The molecule has 0 nitrogen and oxygen atoms in total. The van der Waals surface area contributed by atoms with Gasteiger partial charge in [0.25, 0.3) is 0 Å². The first-order valence-corrected chi connectivity index (χ1v) is 6.38. The van der Waals surface area contributed by atoms with Crippen molar-refractivity contribution in [3.8, 4) is 0 Å². The number of thiophene rings is 1. The predicted molar refractivity (Wildman–Crippen MR) is 69.5 cm³/mol. The maximum Gasteiger partial charge on any atom is 0.0711 e. The summed E-state index contributed by atoms with van der Waals surface area (Å²) in [4.78, 5) is 1.05. The first-order valence-electron chi connectivity index (χ1n) is 3.24. The summed E-state index contributed by atoms with van der Waals surface area (Å²) in [5, 5.41) is 1.29. The second-order valence-corrected chi connectivity index (χ2v) is 6.50. The molecular weight excluding hydrogens is 367 g/mol. The number of benzene rings is 1. The van der Waals surface area contributed by atoms with E-state index in [0.29, 0.717) is 0 Å². The average Bonchev–Trinajstić information content (AvgIpc) is 2.30. The molecule has 1 heterocycles. The van der Waals surface area contributed by atoms with Crippen molar-refractivity contribution in [1.29, 1.82) is 0 Å². The Morgan fingerprint density at radius 3 is 2.83 bits per heavy atom. The smallest absolute Gasteiger partial charge is 0.0711 e. The molecule has 0 fully saturated rings. The standard InChI is InChI=1S/C8H4BrIS2/c9-8-2-4-1-5(10)6(11)3-7(4)12-8/h1-3,11H. The highest BCUT2D eigenvalue weighted by Gasteiger charge is 2.02. The molecule has 0 atom stereocenters. The van der Waals surface area contributed by atoms with Gasteiger partial charge in [-0.2, -0.15) is 0 Å². The zero-order valence-corrected chi connectivity index (χ0v) is 11.3. The van der Waals surface area contributed by atoms with Crippen molar-refractivity contribution in [2.24, 2.45) is 0 Å². The molecule has 0 N–H and O–H groups in total. The van der Waals surface area contributed by atoms with Crippen LogP contribution < -0.4 is 0 Å². The third-order valence-corrected chi connectivity index (χ3v) is 4.85. The van der Waals surface area contributed by atoms with Gasteiger partial charge in [-0.25, -0.2) is 0 Å².